The summed E-state index contributed by atoms with van der Waals surface area (Å²) in [6.07, 6.45) is 85.5. The Bertz CT molecular complexity index is 1570. The van der Waals surface area contributed by atoms with Gasteiger partial charge in [0.2, 0.25) is 0 Å². The van der Waals surface area contributed by atoms with Gasteiger partial charge >= 0.3 is 19.8 Å². The van der Waals surface area contributed by atoms with Crippen LogP contribution < -0.4 is 5.73 Å². The second-order valence-electron chi connectivity index (χ2n) is 22.0. The van der Waals surface area contributed by atoms with Crippen LogP contribution in [0.1, 0.15) is 309 Å². The first-order valence-corrected chi connectivity index (χ1v) is 34.6. The molecule has 0 saturated carbocycles. The molecule has 0 saturated heterocycles. The molecule has 0 fully saturated rings. The largest absolute Gasteiger partial charge is 0.472 e. The van der Waals surface area contributed by atoms with Crippen molar-refractivity contribution in [1.82, 2.24) is 0 Å². The molecule has 3 N–H and O–H groups in total. The zero-order chi connectivity index (χ0) is 57.3. The van der Waals surface area contributed by atoms with Crippen molar-refractivity contribution in [3.05, 3.63) is 85.1 Å². The third kappa shape index (κ3) is 64.2. The zero-order valence-corrected chi connectivity index (χ0v) is 52.2. The van der Waals surface area contributed by atoms with E-state index in [1.807, 2.05) is 6.08 Å². The first-order chi connectivity index (χ1) is 38.8. The van der Waals surface area contributed by atoms with Gasteiger partial charge in [-0.25, -0.2) is 4.57 Å². The normalized spacial score (nSPS) is 13.5. The summed E-state index contributed by atoms with van der Waals surface area (Å²) in [6, 6.07) is 0. The van der Waals surface area contributed by atoms with Crippen LogP contribution in [0.5, 0.6) is 0 Å². The van der Waals surface area contributed by atoms with Gasteiger partial charge in [-0.15, -0.1) is 0 Å². The van der Waals surface area contributed by atoms with Gasteiger partial charge in [-0.3, -0.25) is 18.6 Å². The number of phosphoric acid groups is 1. The van der Waals surface area contributed by atoms with E-state index in [0.717, 1.165) is 64.2 Å². The second kappa shape index (κ2) is 64.4. The quantitative estimate of drug-likeness (QED) is 0.0264. The molecule has 0 heterocycles. The van der Waals surface area contributed by atoms with E-state index in [2.05, 4.69) is 92.8 Å². The van der Waals surface area contributed by atoms with Gasteiger partial charge in [-0.2, -0.15) is 0 Å². The molecule has 0 spiro atoms. The summed E-state index contributed by atoms with van der Waals surface area (Å²) in [5.41, 5.74) is 5.39. The lowest BCUT2D eigenvalue weighted by Gasteiger charge is -2.19. The first-order valence-electron chi connectivity index (χ1n) is 33.1. The SMILES string of the molecule is CC/C=C\C/C=C\C/C=C\C/C=C\C/C=C\C/C=C\C/C=C\CCCC(=O)OC(COC(=O)CCCCCCCCCCCCCCCCCCCCCCCCCCCCCCCCCCCCC)COP(=O)(O)OCCN. The van der Waals surface area contributed by atoms with E-state index >= 15 is 0 Å². The molecule has 0 aliphatic rings. The molecule has 0 aliphatic heterocycles. The van der Waals surface area contributed by atoms with Crippen molar-refractivity contribution in [2.75, 3.05) is 26.4 Å². The van der Waals surface area contributed by atoms with Gasteiger partial charge in [-0.05, 0) is 64.2 Å². The second-order valence-corrected chi connectivity index (χ2v) is 23.4. The summed E-state index contributed by atoms with van der Waals surface area (Å²) >= 11 is 0. The number of hydrogen-bond donors (Lipinski definition) is 2. The summed E-state index contributed by atoms with van der Waals surface area (Å²) in [7, 11) is -4.41. The molecule has 0 amide bonds. The van der Waals surface area contributed by atoms with Crippen LogP contribution in [-0.2, 0) is 32.7 Å². The summed E-state index contributed by atoms with van der Waals surface area (Å²) in [6.45, 7) is 3.60. The lowest BCUT2D eigenvalue weighted by Crippen LogP contribution is -2.29. The number of nitrogens with two attached hydrogens (primary N) is 1. The van der Waals surface area contributed by atoms with Crippen LogP contribution in [0.15, 0.2) is 85.1 Å². The maximum absolute atomic E-state index is 12.7. The predicted octanol–water partition coefficient (Wildman–Crippen LogP) is 21.4. The number of hydrogen-bond acceptors (Lipinski definition) is 8. The smallest absolute Gasteiger partial charge is 0.462 e. The van der Waals surface area contributed by atoms with Crippen LogP contribution in [0.2, 0.25) is 0 Å². The fourth-order valence-corrected chi connectivity index (χ4v) is 10.2. The molecule has 9 nitrogen and oxygen atoms in total. The lowest BCUT2D eigenvalue weighted by atomic mass is 10.0. The van der Waals surface area contributed by atoms with Crippen LogP contribution in [0.3, 0.4) is 0 Å². The van der Waals surface area contributed by atoms with Gasteiger partial charge in [-0.1, -0.05) is 317 Å². The number of carbonyl (C=O) groups is 2. The molecule has 0 aromatic carbocycles. The standard InChI is InChI=1S/C69H124NO8P/c1-3-5-7-9-11-13-15-17-19-21-23-25-27-28-29-30-31-32-33-34-35-36-37-38-40-41-43-45-47-49-51-53-55-57-59-61-68(71)75-65-67(66-77-79(73,74)76-64-63-70)78-69(72)62-60-58-56-54-52-50-48-46-44-42-39-26-24-22-20-18-16-14-12-10-8-6-4-2/h6,8,12,14,18,20,24,26,42,44,48,50,54,56,67H,3-5,7,9-11,13,15-17,19,21-23,25,27-41,43,45-47,49,51-53,55,57-66,70H2,1-2H3,(H,73,74)/b8-6-,14-12-,20-18-,26-24-,44-42-,50-48-,56-54-. The highest BCUT2D eigenvalue weighted by molar-refractivity contribution is 7.47. The third-order valence-electron chi connectivity index (χ3n) is 14.3. The average molecular weight is 1130 g/mol. The number of unbranched alkanes of at least 4 members (excludes halogenated alkanes) is 35. The number of phosphoric ester groups is 1. The van der Waals surface area contributed by atoms with Gasteiger partial charge in [0.1, 0.15) is 6.61 Å². The number of carbonyl (C=O) groups excluding carboxylic acids is 2. The third-order valence-corrected chi connectivity index (χ3v) is 15.3. The maximum atomic E-state index is 12.7. The highest BCUT2D eigenvalue weighted by Gasteiger charge is 2.26. The molecule has 10 heteroatoms. The molecule has 0 radical (unpaired) electrons. The molecule has 79 heavy (non-hydrogen) atoms. The van der Waals surface area contributed by atoms with Crippen LogP contribution in [0.25, 0.3) is 0 Å². The molecular weight excluding hydrogens is 1000 g/mol. The van der Waals surface area contributed by atoms with E-state index in [0.29, 0.717) is 12.8 Å². The van der Waals surface area contributed by atoms with Gasteiger partial charge in [0.15, 0.2) is 6.10 Å². The van der Waals surface area contributed by atoms with Gasteiger partial charge < -0.3 is 20.1 Å². The topological polar surface area (TPSA) is 134 Å². The molecule has 0 aliphatic carbocycles. The van der Waals surface area contributed by atoms with Crippen LogP contribution in [-0.4, -0.2) is 49.3 Å². The minimum absolute atomic E-state index is 0.0412. The van der Waals surface area contributed by atoms with Crippen molar-refractivity contribution in [2.45, 2.75) is 315 Å². The summed E-state index contributed by atoms with van der Waals surface area (Å²) < 4.78 is 33.0. The molecule has 0 aromatic heterocycles. The minimum atomic E-state index is -4.41. The Hall–Kier alpha value is -2.81. The maximum Gasteiger partial charge on any atom is 0.472 e. The highest BCUT2D eigenvalue weighted by Crippen LogP contribution is 2.43. The van der Waals surface area contributed by atoms with Crippen molar-refractivity contribution >= 4 is 19.8 Å². The van der Waals surface area contributed by atoms with E-state index in [1.165, 1.54) is 205 Å². The molecule has 2 unspecified atom stereocenters. The van der Waals surface area contributed by atoms with E-state index in [-0.39, 0.29) is 32.6 Å². The lowest BCUT2D eigenvalue weighted by molar-refractivity contribution is -0.161. The highest BCUT2D eigenvalue weighted by atomic mass is 31.2. The number of rotatable bonds is 62. The number of allylic oxidation sites excluding steroid dienone is 14. The average Bonchev–Trinajstić information content (AvgIpc) is 3.44. The van der Waals surface area contributed by atoms with Gasteiger partial charge in [0.25, 0.3) is 0 Å². The molecule has 0 rings (SSSR count). The van der Waals surface area contributed by atoms with Crippen molar-refractivity contribution in [3.63, 3.8) is 0 Å². The summed E-state index contributed by atoms with van der Waals surface area (Å²) in [5, 5.41) is 0. The summed E-state index contributed by atoms with van der Waals surface area (Å²) in [5.74, 6) is -0.891. The van der Waals surface area contributed by atoms with Crippen molar-refractivity contribution in [3.8, 4) is 0 Å². The fourth-order valence-electron chi connectivity index (χ4n) is 9.45. The Kier molecular flexibility index (Phi) is 62.1. The van der Waals surface area contributed by atoms with Gasteiger partial charge in [0.05, 0.1) is 13.2 Å². The Morgan fingerprint density at radius 1 is 0.392 bits per heavy atom. The van der Waals surface area contributed by atoms with Gasteiger partial charge in [0, 0.05) is 19.4 Å². The molecule has 458 valence electrons. The summed E-state index contributed by atoms with van der Waals surface area (Å²) in [4.78, 5) is 35.2. The molecule has 0 bridgehead atoms. The fraction of sp³-hybridized carbons (Fsp3) is 0.768. The van der Waals surface area contributed by atoms with E-state index in [9.17, 15) is 19.0 Å². The number of esters is 2. The van der Waals surface area contributed by atoms with E-state index in [4.69, 9.17) is 24.3 Å². The zero-order valence-electron chi connectivity index (χ0n) is 51.3. The van der Waals surface area contributed by atoms with E-state index < -0.39 is 32.5 Å². The van der Waals surface area contributed by atoms with Crippen LogP contribution >= 0.6 is 7.82 Å². The molecular formula is C69H124NO8P. The van der Waals surface area contributed by atoms with E-state index in [1.54, 1.807) is 0 Å². The Labute approximate surface area is 487 Å². The number of ether oxygens (including phenoxy) is 2. The van der Waals surface area contributed by atoms with Crippen LogP contribution in [0, 0.1) is 0 Å². The van der Waals surface area contributed by atoms with Crippen molar-refractivity contribution < 1.29 is 37.6 Å². The Balaban J connectivity index is 3.90. The monoisotopic (exact) mass is 1130 g/mol. The Morgan fingerprint density at radius 2 is 0.696 bits per heavy atom. The van der Waals surface area contributed by atoms with Crippen LogP contribution in [0.4, 0.5) is 0 Å². The van der Waals surface area contributed by atoms with Crippen molar-refractivity contribution in [2.24, 2.45) is 5.73 Å². The molecule has 0 aromatic rings. The minimum Gasteiger partial charge on any atom is -0.462 e. The molecule has 2 atom stereocenters. The van der Waals surface area contributed by atoms with Crippen molar-refractivity contribution in [1.29, 1.82) is 0 Å². The first kappa shape index (κ1) is 76.2. The predicted molar refractivity (Wildman–Crippen MR) is 339 cm³/mol. The Morgan fingerprint density at radius 3 is 1.03 bits per heavy atom.